The Hall–Kier alpha value is -2.92. The van der Waals surface area contributed by atoms with Gasteiger partial charge in [0.25, 0.3) is 0 Å². The molecule has 5 heteroatoms. The number of benzene rings is 1. The molecule has 3 heterocycles. The van der Waals surface area contributed by atoms with Gasteiger partial charge in [0.05, 0.1) is 28.7 Å². The summed E-state index contributed by atoms with van der Waals surface area (Å²) >= 11 is 1.68. The van der Waals surface area contributed by atoms with Crippen LogP contribution >= 0.6 is 11.3 Å². The quantitative estimate of drug-likeness (QED) is 0.302. The van der Waals surface area contributed by atoms with Gasteiger partial charge >= 0.3 is 0 Å². The van der Waals surface area contributed by atoms with Gasteiger partial charge in [-0.25, -0.2) is 4.98 Å². The Morgan fingerprint density at radius 1 is 1.00 bits per heavy atom. The number of nitrogens with one attached hydrogen (secondary N) is 1. The molecule has 4 rings (SSSR count). The topological polar surface area (TPSA) is 40.5 Å². The van der Waals surface area contributed by atoms with Gasteiger partial charge in [0, 0.05) is 30.2 Å². The number of rotatable bonds is 9. The number of aryl methyl sites for hydroxylation is 1. The van der Waals surface area contributed by atoms with E-state index < -0.39 is 0 Å². The van der Waals surface area contributed by atoms with Crippen molar-refractivity contribution in [2.24, 2.45) is 16.8 Å². The molecule has 0 amide bonds. The highest BCUT2D eigenvalue weighted by atomic mass is 32.1. The number of thiazole rings is 1. The Morgan fingerprint density at radius 3 is 2.00 bits per heavy atom. The van der Waals surface area contributed by atoms with Gasteiger partial charge in [-0.2, -0.15) is 0 Å². The lowest BCUT2D eigenvalue weighted by Gasteiger charge is -2.27. The van der Waals surface area contributed by atoms with Crippen molar-refractivity contribution in [2.75, 3.05) is 19.6 Å². The Labute approximate surface area is 256 Å². The maximum atomic E-state index is 4.31. The van der Waals surface area contributed by atoms with Gasteiger partial charge in [0.15, 0.2) is 0 Å². The second kappa shape index (κ2) is 19.2. The zero-order valence-electron chi connectivity index (χ0n) is 27.4. The highest BCUT2D eigenvalue weighted by Crippen LogP contribution is 2.29. The first-order chi connectivity index (χ1) is 19.5. The van der Waals surface area contributed by atoms with E-state index in [1.807, 2.05) is 46.2 Å². The maximum absolute atomic E-state index is 4.31. The number of hydrogen-bond acceptors (Lipinski definition) is 5. The van der Waals surface area contributed by atoms with Crippen LogP contribution < -0.4 is 5.32 Å². The van der Waals surface area contributed by atoms with Crippen LogP contribution in [0.2, 0.25) is 0 Å². The molecule has 1 fully saturated rings. The largest absolute Gasteiger partial charge is 0.382 e. The number of aliphatic imine (C=N–C) groups is 1. The van der Waals surface area contributed by atoms with Gasteiger partial charge < -0.3 is 10.2 Å². The zero-order valence-corrected chi connectivity index (χ0v) is 28.2. The summed E-state index contributed by atoms with van der Waals surface area (Å²) in [6, 6.07) is 8.93. The molecule has 2 aromatic rings. The number of hydrogen-bond donors (Lipinski definition) is 1. The van der Waals surface area contributed by atoms with E-state index >= 15 is 0 Å². The minimum absolute atomic E-state index is 0.233. The van der Waals surface area contributed by atoms with E-state index in [9.17, 15) is 0 Å². The molecule has 0 bridgehead atoms. The van der Waals surface area contributed by atoms with Crippen LogP contribution in [-0.4, -0.2) is 35.2 Å². The Bertz CT molecular complexity index is 1110. The van der Waals surface area contributed by atoms with Gasteiger partial charge in [-0.3, -0.25) is 4.99 Å². The predicted octanol–water partition coefficient (Wildman–Crippen LogP) is 10.2. The second-order valence-corrected chi connectivity index (χ2v) is 12.0. The Morgan fingerprint density at radius 2 is 1.61 bits per heavy atom. The average molecular weight is 577 g/mol. The third-order valence-electron chi connectivity index (χ3n) is 7.14. The summed E-state index contributed by atoms with van der Waals surface area (Å²) in [5, 5.41) is 3.43. The van der Waals surface area contributed by atoms with E-state index in [1.165, 1.54) is 47.6 Å². The fourth-order valence-electron chi connectivity index (χ4n) is 4.49. The van der Waals surface area contributed by atoms with Crippen LogP contribution in [0.3, 0.4) is 0 Å². The lowest BCUT2D eigenvalue weighted by molar-refractivity contribution is 0.330. The van der Waals surface area contributed by atoms with E-state index in [4.69, 9.17) is 0 Å². The van der Waals surface area contributed by atoms with Crippen molar-refractivity contribution in [3.8, 4) is 10.4 Å². The smallest absolute Gasteiger partial charge is 0.0801 e. The highest BCUT2D eigenvalue weighted by molar-refractivity contribution is 7.13. The van der Waals surface area contributed by atoms with E-state index in [2.05, 4.69) is 98.0 Å². The van der Waals surface area contributed by atoms with E-state index in [0.717, 1.165) is 41.6 Å². The van der Waals surface area contributed by atoms with Crippen molar-refractivity contribution in [1.29, 1.82) is 0 Å². The van der Waals surface area contributed by atoms with Gasteiger partial charge in [-0.15, -0.1) is 17.9 Å². The number of aromatic nitrogens is 1. The highest BCUT2D eigenvalue weighted by Gasteiger charge is 2.19. The van der Waals surface area contributed by atoms with Crippen LogP contribution in [0.4, 0.5) is 0 Å². The Kier molecular flexibility index (Phi) is 16.9. The monoisotopic (exact) mass is 576 g/mol. The average Bonchev–Trinajstić information content (AvgIpc) is 3.73. The first-order valence-electron chi connectivity index (χ1n) is 15.2. The van der Waals surface area contributed by atoms with E-state index in [0.29, 0.717) is 5.92 Å². The summed E-state index contributed by atoms with van der Waals surface area (Å²) in [6.07, 6.45) is 7.69. The molecule has 4 nitrogen and oxygen atoms in total. The van der Waals surface area contributed by atoms with Gasteiger partial charge in [0.1, 0.15) is 0 Å². The molecular formula is C36H56N4S. The summed E-state index contributed by atoms with van der Waals surface area (Å²) < 4.78 is 0. The molecule has 41 heavy (non-hydrogen) atoms. The molecule has 2 atom stereocenters. The van der Waals surface area contributed by atoms with Crippen LogP contribution in [0.25, 0.3) is 10.4 Å². The van der Waals surface area contributed by atoms with E-state index in [1.54, 1.807) is 11.3 Å². The van der Waals surface area contributed by atoms with Gasteiger partial charge in [0.2, 0.25) is 0 Å². The number of allylic oxidation sites excluding steroid dienone is 3. The molecule has 1 aromatic carbocycles. The van der Waals surface area contributed by atoms with Crippen LogP contribution in [-0.2, 0) is 0 Å². The molecule has 1 saturated heterocycles. The van der Waals surface area contributed by atoms with Crippen molar-refractivity contribution in [2.45, 2.75) is 87.6 Å². The molecule has 2 aliphatic heterocycles. The third kappa shape index (κ3) is 13.1. The molecule has 2 aliphatic rings. The summed E-state index contributed by atoms with van der Waals surface area (Å²) in [5.41, 5.74) is 10.1. The van der Waals surface area contributed by atoms with Crippen molar-refractivity contribution in [3.63, 3.8) is 0 Å². The van der Waals surface area contributed by atoms with Crippen molar-refractivity contribution >= 4 is 17.0 Å². The van der Waals surface area contributed by atoms with Crippen molar-refractivity contribution in [1.82, 2.24) is 15.2 Å². The Balaban J connectivity index is 0.000000351. The van der Waals surface area contributed by atoms with Crippen LogP contribution in [0.15, 0.2) is 83.6 Å². The first kappa shape index (κ1) is 36.1. The molecule has 0 saturated carbocycles. The predicted molar refractivity (Wildman–Crippen MR) is 185 cm³/mol. The SMILES string of the molecule is C=C(C(C)C(C)C)N1CCCC1.C=C(C)C[C@H](NC(=C)C)c1ccc(-c2scnc2C)cc1.CC.CC1=NCC=C1. The fraction of sp³-hybridized carbons (Fsp3) is 0.500. The van der Waals surface area contributed by atoms with Crippen LogP contribution in [0.5, 0.6) is 0 Å². The molecule has 226 valence electrons. The van der Waals surface area contributed by atoms with Gasteiger partial charge in [-0.1, -0.05) is 83.7 Å². The molecule has 1 N–H and O–H groups in total. The van der Waals surface area contributed by atoms with Gasteiger partial charge in [-0.05, 0) is 76.0 Å². The lowest BCUT2D eigenvalue weighted by Crippen LogP contribution is -2.24. The first-order valence-corrected chi connectivity index (χ1v) is 16.1. The molecule has 0 spiro atoms. The summed E-state index contributed by atoms with van der Waals surface area (Å²) in [4.78, 5) is 12.0. The third-order valence-corrected chi connectivity index (χ3v) is 8.11. The van der Waals surface area contributed by atoms with Crippen LogP contribution in [0.1, 0.15) is 92.0 Å². The van der Waals surface area contributed by atoms with Crippen molar-refractivity contribution < 1.29 is 0 Å². The molecular weight excluding hydrogens is 520 g/mol. The molecule has 1 aromatic heterocycles. The second-order valence-electron chi connectivity index (χ2n) is 11.1. The minimum atomic E-state index is 0.233. The van der Waals surface area contributed by atoms with Crippen LogP contribution in [0, 0.1) is 18.8 Å². The lowest BCUT2D eigenvalue weighted by atomic mass is 9.94. The normalized spacial score (nSPS) is 14.9. The van der Waals surface area contributed by atoms with E-state index in [-0.39, 0.29) is 6.04 Å². The molecule has 1 unspecified atom stereocenters. The number of likely N-dealkylation sites (tertiary alicyclic amines) is 1. The molecule has 0 aliphatic carbocycles. The fourth-order valence-corrected chi connectivity index (χ4v) is 5.31. The zero-order chi connectivity index (χ0) is 30.9. The molecule has 0 radical (unpaired) electrons. The number of nitrogens with zero attached hydrogens (tertiary/aromatic N) is 3. The summed E-state index contributed by atoms with van der Waals surface area (Å²) in [5.74, 6) is 1.36. The van der Waals surface area contributed by atoms with Crippen molar-refractivity contribution in [3.05, 3.63) is 89.9 Å². The maximum Gasteiger partial charge on any atom is 0.0801 e. The minimum Gasteiger partial charge on any atom is -0.382 e. The summed E-state index contributed by atoms with van der Waals surface area (Å²) in [6.45, 7) is 34.4. The standard InChI is InChI=1S/C18H22N2S.C11H21N.C5H7N.C2H6/c1-12(2)10-17(20-13(3)4)15-6-8-16(9-7-15)18-14(5)19-11-21-18;1-9(2)10(3)11(4)12-7-5-6-8-12;1-5-3-2-4-6-5;1-2/h6-9,11,17,20H,1,3,10H2,2,4-5H3;9-10H,4-8H2,1-3H3;2-3H,4H2,1H3;1-2H3/t17-;;;/m0.../s1. The summed E-state index contributed by atoms with van der Waals surface area (Å²) in [7, 11) is 0.